The van der Waals surface area contributed by atoms with Crippen LogP contribution in [-0.4, -0.2) is 59.2 Å². The summed E-state index contributed by atoms with van der Waals surface area (Å²) in [7, 11) is 3.64. The number of thiazole rings is 1. The zero-order valence-corrected chi connectivity index (χ0v) is 19.0. The Balaban J connectivity index is 2.12. The number of aromatic nitrogens is 1. The lowest BCUT2D eigenvalue weighted by Gasteiger charge is -2.20. The summed E-state index contributed by atoms with van der Waals surface area (Å²) >= 11 is 0.940. The number of nitrogens with zero attached hydrogens (tertiary/aromatic N) is 2. The van der Waals surface area contributed by atoms with Gasteiger partial charge in [0.05, 0.1) is 16.1 Å². The maximum absolute atomic E-state index is 14.8. The Morgan fingerprint density at radius 3 is 2.72 bits per heavy atom. The van der Waals surface area contributed by atoms with Crippen molar-refractivity contribution in [1.82, 2.24) is 9.88 Å². The van der Waals surface area contributed by atoms with Crippen LogP contribution in [0.15, 0.2) is 12.1 Å². The van der Waals surface area contributed by atoms with Gasteiger partial charge in [0.1, 0.15) is 29.2 Å². The van der Waals surface area contributed by atoms with E-state index < -0.39 is 28.7 Å². The number of aliphatic hydroxyl groups is 1. The average Bonchev–Trinajstić information content (AvgIpc) is 3.13. The molecule has 1 aliphatic heterocycles. The summed E-state index contributed by atoms with van der Waals surface area (Å²) in [5.41, 5.74) is 3.03. The van der Waals surface area contributed by atoms with Crippen LogP contribution < -0.4 is 10.5 Å². The zero-order chi connectivity index (χ0) is 23.8. The second-order valence-corrected chi connectivity index (χ2v) is 9.39. The van der Waals surface area contributed by atoms with Crippen LogP contribution in [-0.2, 0) is 10.4 Å². The van der Waals surface area contributed by atoms with Crippen molar-refractivity contribution in [2.45, 2.75) is 25.9 Å². The summed E-state index contributed by atoms with van der Waals surface area (Å²) in [6.45, 7) is 3.30. The van der Waals surface area contributed by atoms with Crippen LogP contribution in [0.5, 0.6) is 5.75 Å². The van der Waals surface area contributed by atoms with Crippen molar-refractivity contribution in [3.63, 3.8) is 0 Å². The molecule has 1 aromatic heterocycles. The van der Waals surface area contributed by atoms with Crippen molar-refractivity contribution in [1.29, 1.82) is 0 Å². The van der Waals surface area contributed by atoms with Gasteiger partial charge >= 0.3 is 5.97 Å². The van der Waals surface area contributed by atoms with Gasteiger partial charge in [0.2, 0.25) is 0 Å². The van der Waals surface area contributed by atoms with Crippen molar-refractivity contribution >= 4 is 23.2 Å². The van der Waals surface area contributed by atoms with Crippen molar-refractivity contribution in [3.05, 3.63) is 33.4 Å². The first-order valence-electron chi connectivity index (χ1n) is 9.75. The number of carbonyl (C=O) groups excluding carboxylic acids is 1. The molecule has 4 N–H and O–H groups in total. The van der Waals surface area contributed by atoms with Gasteiger partial charge in [-0.2, -0.15) is 0 Å². The standard InChI is InChI=1S/C22H24FN3O5S/c1-21(20(28)29,7-8-26(3)4)6-5-12-9-13-15(10-14(12)23)31-11-22(2,30)17-16(13)25-19(32-17)18(24)27/h9-10,30H,7-8,11H2,1-4H3,(H2,24,27)(H,28,29)/t21-,22?/m1/s1. The molecule has 0 bridgehead atoms. The van der Waals surface area contributed by atoms with Crippen molar-refractivity contribution < 1.29 is 28.9 Å². The van der Waals surface area contributed by atoms with Crippen LogP contribution in [0, 0.1) is 23.1 Å². The number of primary amides is 1. The lowest BCUT2D eigenvalue weighted by molar-refractivity contribution is -0.145. The summed E-state index contributed by atoms with van der Waals surface area (Å²) in [4.78, 5) is 29.9. The van der Waals surface area contributed by atoms with E-state index in [-0.39, 0.29) is 35.0 Å². The summed E-state index contributed by atoms with van der Waals surface area (Å²) in [5.74, 6) is 2.92. The topological polar surface area (TPSA) is 126 Å². The van der Waals surface area contributed by atoms with Gasteiger partial charge in [0, 0.05) is 11.6 Å². The molecular weight excluding hydrogens is 437 g/mol. The Labute approximate surface area is 188 Å². The SMILES string of the molecule is CN(C)CC[C@@](C)(C#Cc1cc2c(cc1F)OCC(C)(O)c1sc(C(N)=O)nc1-2)C(=O)O. The number of fused-ring (bicyclic) bond motifs is 3. The fourth-order valence-corrected chi connectivity index (χ4v) is 4.05. The molecule has 32 heavy (non-hydrogen) atoms. The highest BCUT2D eigenvalue weighted by molar-refractivity contribution is 7.14. The minimum Gasteiger partial charge on any atom is -0.489 e. The monoisotopic (exact) mass is 461 g/mol. The lowest BCUT2D eigenvalue weighted by Crippen LogP contribution is -2.30. The second-order valence-electron chi connectivity index (χ2n) is 8.39. The van der Waals surface area contributed by atoms with E-state index in [0.29, 0.717) is 17.0 Å². The molecule has 2 aromatic rings. The number of hydrogen-bond donors (Lipinski definition) is 3. The number of carboxylic acid groups (broad SMARTS) is 1. The highest BCUT2D eigenvalue weighted by Crippen LogP contribution is 2.44. The van der Waals surface area contributed by atoms with Crippen LogP contribution in [0.4, 0.5) is 4.39 Å². The number of halogens is 1. The van der Waals surface area contributed by atoms with Gasteiger partial charge in [0.15, 0.2) is 5.01 Å². The highest BCUT2D eigenvalue weighted by Gasteiger charge is 2.37. The Morgan fingerprint density at radius 1 is 1.44 bits per heavy atom. The maximum atomic E-state index is 14.8. The molecule has 2 heterocycles. The van der Waals surface area contributed by atoms with Gasteiger partial charge in [-0.25, -0.2) is 9.37 Å². The van der Waals surface area contributed by atoms with Crippen molar-refractivity contribution in [2.24, 2.45) is 11.1 Å². The number of nitrogens with two attached hydrogens (primary N) is 1. The normalized spacial score (nSPS) is 19.0. The molecule has 1 aliphatic rings. The van der Waals surface area contributed by atoms with E-state index >= 15 is 0 Å². The predicted molar refractivity (Wildman–Crippen MR) is 117 cm³/mol. The minimum absolute atomic E-state index is 0.00206. The highest BCUT2D eigenvalue weighted by atomic mass is 32.1. The number of rotatable bonds is 5. The molecule has 0 fully saturated rings. The van der Waals surface area contributed by atoms with Crippen molar-refractivity contribution in [3.8, 4) is 28.8 Å². The van der Waals surface area contributed by atoms with Crippen molar-refractivity contribution in [2.75, 3.05) is 27.2 Å². The van der Waals surface area contributed by atoms with Crippen LogP contribution in [0.25, 0.3) is 11.3 Å². The third-order valence-corrected chi connectivity index (χ3v) is 6.49. The zero-order valence-electron chi connectivity index (χ0n) is 18.2. The van der Waals surface area contributed by atoms with Gasteiger partial charge < -0.3 is 25.6 Å². The molecule has 8 nitrogen and oxygen atoms in total. The van der Waals surface area contributed by atoms with Crippen LogP contribution >= 0.6 is 11.3 Å². The van der Waals surface area contributed by atoms with Crippen LogP contribution in [0.2, 0.25) is 0 Å². The van der Waals surface area contributed by atoms with Gasteiger partial charge in [-0.15, -0.1) is 11.3 Å². The number of hydrogen-bond acceptors (Lipinski definition) is 7. The second kappa shape index (κ2) is 8.50. The molecule has 0 aliphatic carbocycles. The summed E-state index contributed by atoms with van der Waals surface area (Å²) in [6.07, 6.45) is 0.249. The van der Waals surface area contributed by atoms with E-state index in [0.717, 1.165) is 17.4 Å². The largest absolute Gasteiger partial charge is 0.489 e. The van der Waals surface area contributed by atoms with Gasteiger partial charge in [-0.1, -0.05) is 11.8 Å². The van der Waals surface area contributed by atoms with E-state index in [4.69, 9.17) is 10.5 Å². The van der Waals surface area contributed by atoms with Crippen LogP contribution in [0.1, 0.15) is 40.5 Å². The summed E-state index contributed by atoms with van der Waals surface area (Å²) in [6, 6.07) is 2.50. The Kier molecular flexibility index (Phi) is 6.29. The Bertz CT molecular complexity index is 1150. The summed E-state index contributed by atoms with van der Waals surface area (Å²) < 4.78 is 20.4. The van der Waals surface area contributed by atoms with E-state index in [2.05, 4.69) is 16.8 Å². The molecule has 1 unspecified atom stereocenters. The molecule has 0 radical (unpaired) electrons. The van der Waals surface area contributed by atoms with Gasteiger partial charge in [0.25, 0.3) is 5.91 Å². The molecule has 1 aromatic carbocycles. The molecular formula is C22H24FN3O5S. The van der Waals surface area contributed by atoms with Crippen LogP contribution in [0.3, 0.4) is 0 Å². The van der Waals surface area contributed by atoms with E-state index in [9.17, 15) is 24.2 Å². The average molecular weight is 462 g/mol. The summed E-state index contributed by atoms with van der Waals surface area (Å²) in [5, 5.41) is 20.4. The third-order valence-electron chi connectivity index (χ3n) is 5.16. The van der Waals surface area contributed by atoms with Gasteiger partial charge in [-0.05, 0) is 47.0 Å². The third kappa shape index (κ3) is 4.60. The van der Waals surface area contributed by atoms with E-state index in [1.807, 2.05) is 19.0 Å². The Hall–Kier alpha value is -3.00. The predicted octanol–water partition coefficient (Wildman–Crippen LogP) is 2.04. The first-order valence-corrected chi connectivity index (χ1v) is 10.6. The van der Waals surface area contributed by atoms with Gasteiger partial charge in [-0.3, -0.25) is 9.59 Å². The fraction of sp³-hybridized carbons (Fsp3) is 0.409. The fourth-order valence-electron chi connectivity index (χ4n) is 3.09. The molecule has 0 saturated heterocycles. The molecule has 2 atom stereocenters. The lowest BCUT2D eigenvalue weighted by atomic mass is 9.87. The first kappa shape index (κ1) is 23.7. The Morgan fingerprint density at radius 2 is 2.12 bits per heavy atom. The number of benzene rings is 1. The van der Waals surface area contributed by atoms with E-state index in [1.165, 1.54) is 19.9 Å². The number of aliphatic carboxylic acids is 1. The number of ether oxygens (including phenoxy) is 1. The molecule has 170 valence electrons. The minimum atomic E-state index is -1.48. The maximum Gasteiger partial charge on any atom is 0.321 e. The molecule has 10 heteroatoms. The van der Waals surface area contributed by atoms with E-state index in [1.54, 1.807) is 0 Å². The number of carbonyl (C=O) groups is 2. The number of carboxylic acids is 1. The quantitative estimate of drug-likeness (QED) is 0.582. The molecule has 1 amide bonds. The first-order chi connectivity index (χ1) is 14.8. The molecule has 0 spiro atoms. The smallest absolute Gasteiger partial charge is 0.321 e. The molecule has 0 saturated carbocycles. The number of amides is 1. The molecule has 3 rings (SSSR count).